The fourth-order valence-electron chi connectivity index (χ4n) is 2.30. The van der Waals surface area contributed by atoms with Gasteiger partial charge in [0.25, 0.3) is 0 Å². The van der Waals surface area contributed by atoms with Gasteiger partial charge in [-0.05, 0) is 18.6 Å². The second-order valence-electron chi connectivity index (χ2n) is 6.68. The molecule has 0 saturated carbocycles. The highest BCUT2D eigenvalue weighted by atomic mass is 32.2. The number of aromatic nitrogens is 1. The highest BCUT2D eigenvalue weighted by Gasteiger charge is 2.17. The largest absolute Gasteiger partial charge is 0.356 e. The minimum absolute atomic E-state index is 0.137. The van der Waals surface area contributed by atoms with Crippen molar-refractivity contribution in [3.05, 3.63) is 16.1 Å². The Kier molecular flexibility index (Phi) is 6.56. The predicted molar refractivity (Wildman–Crippen MR) is 99.4 cm³/mol. The van der Waals surface area contributed by atoms with Crippen LogP contribution in [-0.4, -0.2) is 42.1 Å². The first-order chi connectivity index (χ1) is 10.5. The second-order valence-corrected chi connectivity index (χ2v) is 8.78. The number of aliphatic imine (C=N–C) groups is 1. The molecule has 2 heterocycles. The standard InChI is InChI=1S/C16H28N4S2/c1-16(2,3)13-11-22-14(20-13)7-8-18-15(17-4)19-12-6-5-9-21-10-12/h11-12H,5-10H2,1-4H3,(H2,17,18,19). The van der Waals surface area contributed by atoms with Crippen molar-refractivity contribution in [1.82, 2.24) is 15.6 Å². The third-order valence-corrected chi connectivity index (χ3v) is 5.80. The summed E-state index contributed by atoms with van der Waals surface area (Å²) in [6.07, 6.45) is 3.49. The molecule has 4 nitrogen and oxygen atoms in total. The van der Waals surface area contributed by atoms with Crippen LogP contribution in [0.3, 0.4) is 0 Å². The number of nitrogens with zero attached hydrogens (tertiary/aromatic N) is 2. The lowest BCUT2D eigenvalue weighted by atomic mass is 9.93. The Morgan fingerprint density at radius 3 is 2.86 bits per heavy atom. The number of hydrogen-bond acceptors (Lipinski definition) is 4. The first-order valence-electron chi connectivity index (χ1n) is 7.99. The van der Waals surface area contributed by atoms with Gasteiger partial charge in [0.15, 0.2) is 5.96 Å². The van der Waals surface area contributed by atoms with Gasteiger partial charge in [0.1, 0.15) is 0 Å². The zero-order valence-electron chi connectivity index (χ0n) is 14.1. The lowest BCUT2D eigenvalue weighted by Gasteiger charge is -2.24. The molecule has 2 rings (SSSR count). The maximum Gasteiger partial charge on any atom is 0.191 e. The molecule has 1 aliphatic rings. The molecule has 0 bridgehead atoms. The SMILES string of the molecule is CN=C(NCCc1nc(C(C)(C)C)cs1)NC1CCCSC1. The van der Waals surface area contributed by atoms with Crippen LogP contribution >= 0.6 is 23.1 Å². The quantitative estimate of drug-likeness (QED) is 0.653. The van der Waals surface area contributed by atoms with E-state index in [0.717, 1.165) is 18.9 Å². The first-order valence-corrected chi connectivity index (χ1v) is 10.0. The molecule has 0 amide bonds. The van der Waals surface area contributed by atoms with Gasteiger partial charge in [-0.25, -0.2) is 4.98 Å². The maximum absolute atomic E-state index is 4.73. The Labute approximate surface area is 142 Å². The zero-order chi connectivity index (χ0) is 16.0. The average Bonchev–Trinajstić information content (AvgIpc) is 2.96. The monoisotopic (exact) mass is 340 g/mol. The molecule has 124 valence electrons. The molecule has 1 aliphatic heterocycles. The molecule has 1 unspecified atom stereocenters. The van der Waals surface area contributed by atoms with Crippen LogP contribution in [0.25, 0.3) is 0 Å². The van der Waals surface area contributed by atoms with Gasteiger partial charge in [-0.2, -0.15) is 11.8 Å². The topological polar surface area (TPSA) is 49.3 Å². The summed E-state index contributed by atoms with van der Waals surface area (Å²) >= 11 is 3.78. The molecule has 0 spiro atoms. The van der Waals surface area contributed by atoms with E-state index in [0.29, 0.717) is 6.04 Å². The molecule has 1 atom stereocenters. The number of rotatable bonds is 4. The van der Waals surface area contributed by atoms with Gasteiger partial charge < -0.3 is 10.6 Å². The number of hydrogen-bond donors (Lipinski definition) is 2. The molecular weight excluding hydrogens is 312 g/mol. The van der Waals surface area contributed by atoms with E-state index < -0.39 is 0 Å². The summed E-state index contributed by atoms with van der Waals surface area (Å²) in [5, 5.41) is 10.3. The van der Waals surface area contributed by atoms with Crippen molar-refractivity contribution in [1.29, 1.82) is 0 Å². The molecule has 2 N–H and O–H groups in total. The second kappa shape index (κ2) is 8.20. The fourth-order valence-corrected chi connectivity index (χ4v) is 4.40. The Hall–Kier alpha value is -0.750. The Morgan fingerprint density at radius 1 is 1.45 bits per heavy atom. The van der Waals surface area contributed by atoms with Crippen LogP contribution in [0, 0.1) is 0 Å². The Morgan fingerprint density at radius 2 is 2.27 bits per heavy atom. The first kappa shape index (κ1) is 17.6. The molecule has 0 aromatic carbocycles. The van der Waals surface area contributed by atoms with Crippen molar-refractivity contribution in [2.24, 2.45) is 4.99 Å². The number of nitrogens with one attached hydrogen (secondary N) is 2. The minimum Gasteiger partial charge on any atom is -0.356 e. The van der Waals surface area contributed by atoms with Gasteiger partial charge in [-0.1, -0.05) is 20.8 Å². The third-order valence-electron chi connectivity index (χ3n) is 3.68. The van der Waals surface area contributed by atoms with Gasteiger partial charge in [-0.15, -0.1) is 11.3 Å². The van der Waals surface area contributed by atoms with E-state index in [1.54, 1.807) is 11.3 Å². The van der Waals surface area contributed by atoms with Crippen LogP contribution in [0.2, 0.25) is 0 Å². The molecular formula is C16H28N4S2. The van der Waals surface area contributed by atoms with Gasteiger partial charge in [0, 0.05) is 42.6 Å². The molecule has 0 radical (unpaired) electrons. The Balaban J connectivity index is 1.75. The third kappa shape index (κ3) is 5.47. The van der Waals surface area contributed by atoms with Crippen LogP contribution in [0.4, 0.5) is 0 Å². The van der Waals surface area contributed by atoms with Crippen LogP contribution in [0.1, 0.15) is 44.3 Å². The summed E-state index contributed by atoms with van der Waals surface area (Å²) in [5.41, 5.74) is 1.33. The predicted octanol–water partition coefficient (Wildman–Crippen LogP) is 3.04. The van der Waals surface area contributed by atoms with Crippen LogP contribution in [-0.2, 0) is 11.8 Å². The number of guanidine groups is 1. The summed E-state index contributed by atoms with van der Waals surface area (Å²) < 4.78 is 0. The summed E-state index contributed by atoms with van der Waals surface area (Å²) in [6, 6.07) is 0.553. The van der Waals surface area contributed by atoms with Gasteiger partial charge in [0.2, 0.25) is 0 Å². The van der Waals surface area contributed by atoms with Crippen molar-refractivity contribution in [2.45, 2.75) is 51.5 Å². The smallest absolute Gasteiger partial charge is 0.191 e. The normalized spacial score (nSPS) is 20.0. The summed E-state index contributed by atoms with van der Waals surface area (Å²) in [5.74, 6) is 3.40. The van der Waals surface area contributed by atoms with E-state index in [2.05, 4.69) is 41.8 Å². The molecule has 1 saturated heterocycles. The van der Waals surface area contributed by atoms with E-state index in [1.165, 1.54) is 35.0 Å². The van der Waals surface area contributed by atoms with Crippen LogP contribution < -0.4 is 10.6 Å². The molecule has 1 fully saturated rings. The van der Waals surface area contributed by atoms with E-state index in [9.17, 15) is 0 Å². The average molecular weight is 341 g/mol. The Bertz CT molecular complexity index is 485. The van der Waals surface area contributed by atoms with Gasteiger partial charge in [0.05, 0.1) is 10.7 Å². The van der Waals surface area contributed by atoms with Gasteiger partial charge >= 0.3 is 0 Å². The molecule has 0 aliphatic carbocycles. The molecule has 1 aromatic rings. The molecule has 22 heavy (non-hydrogen) atoms. The van der Waals surface area contributed by atoms with Gasteiger partial charge in [-0.3, -0.25) is 4.99 Å². The van der Waals surface area contributed by atoms with Crippen LogP contribution in [0.5, 0.6) is 0 Å². The van der Waals surface area contributed by atoms with Crippen molar-refractivity contribution in [3.63, 3.8) is 0 Å². The molecule has 6 heteroatoms. The van der Waals surface area contributed by atoms with Crippen LogP contribution in [0.15, 0.2) is 10.4 Å². The zero-order valence-corrected chi connectivity index (χ0v) is 15.7. The highest BCUT2D eigenvalue weighted by molar-refractivity contribution is 7.99. The van der Waals surface area contributed by atoms with Crippen molar-refractivity contribution >= 4 is 29.1 Å². The van der Waals surface area contributed by atoms with Crippen molar-refractivity contribution < 1.29 is 0 Å². The van der Waals surface area contributed by atoms with E-state index in [4.69, 9.17) is 4.98 Å². The minimum atomic E-state index is 0.137. The lowest BCUT2D eigenvalue weighted by molar-refractivity contribution is 0.569. The molecule has 1 aromatic heterocycles. The maximum atomic E-state index is 4.73. The fraction of sp³-hybridized carbons (Fsp3) is 0.750. The van der Waals surface area contributed by atoms with Crippen molar-refractivity contribution in [3.8, 4) is 0 Å². The van der Waals surface area contributed by atoms with E-state index >= 15 is 0 Å². The summed E-state index contributed by atoms with van der Waals surface area (Å²) in [7, 11) is 1.84. The number of thiazole rings is 1. The number of thioether (sulfide) groups is 1. The van der Waals surface area contributed by atoms with E-state index in [-0.39, 0.29) is 5.41 Å². The van der Waals surface area contributed by atoms with E-state index in [1.807, 2.05) is 18.8 Å². The summed E-state index contributed by atoms with van der Waals surface area (Å²) in [6.45, 7) is 7.49. The lowest BCUT2D eigenvalue weighted by Crippen LogP contribution is -2.46. The summed E-state index contributed by atoms with van der Waals surface area (Å²) in [4.78, 5) is 9.06. The van der Waals surface area contributed by atoms with Crippen molar-refractivity contribution in [2.75, 3.05) is 25.1 Å². The highest BCUT2D eigenvalue weighted by Crippen LogP contribution is 2.23.